The SMILES string of the molecule is CCCn1c(C)cc(/C=C(/C#N)C(=O)OCC(=O)c2ccc(-c3ccccc3)cc2)c1C. The summed E-state index contributed by atoms with van der Waals surface area (Å²) in [5.74, 6) is -1.13. The Morgan fingerprint density at radius 2 is 1.69 bits per heavy atom. The molecule has 0 bridgehead atoms. The fourth-order valence-electron chi connectivity index (χ4n) is 3.61. The average Bonchev–Trinajstić information content (AvgIpc) is 3.09. The van der Waals surface area contributed by atoms with Crippen LogP contribution in [0.2, 0.25) is 0 Å². The number of benzene rings is 2. The quantitative estimate of drug-likeness (QED) is 0.206. The number of Topliss-reactive ketones (excluding diaryl/α,β-unsaturated/α-hetero) is 1. The zero-order valence-corrected chi connectivity index (χ0v) is 18.6. The third-order valence-electron chi connectivity index (χ3n) is 5.35. The van der Waals surface area contributed by atoms with Crippen molar-refractivity contribution in [1.82, 2.24) is 4.57 Å². The minimum atomic E-state index is -0.804. The van der Waals surface area contributed by atoms with E-state index in [-0.39, 0.29) is 11.4 Å². The van der Waals surface area contributed by atoms with Crippen molar-refractivity contribution in [1.29, 1.82) is 5.26 Å². The Kier molecular flexibility index (Phi) is 7.41. The van der Waals surface area contributed by atoms with E-state index in [4.69, 9.17) is 4.74 Å². The number of rotatable bonds is 8. The number of esters is 1. The first-order valence-corrected chi connectivity index (χ1v) is 10.6. The summed E-state index contributed by atoms with van der Waals surface area (Å²) >= 11 is 0. The highest BCUT2D eigenvalue weighted by atomic mass is 16.5. The van der Waals surface area contributed by atoms with Crippen LogP contribution < -0.4 is 0 Å². The standard InChI is InChI=1S/C27H26N2O3/c1-4-14-29-19(2)15-24(20(29)3)16-25(17-28)27(31)32-18-26(30)23-12-10-22(11-13-23)21-8-6-5-7-9-21/h5-13,15-16H,4,14,18H2,1-3H3/b25-16-. The van der Waals surface area contributed by atoms with Crippen molar-refractivity contribution >= 4 is 17.8 Å². The average molecular weight is 427 g/mol. The molecule has 5 heteroatoms. The first-order chi connectivity index (χ1) is 15.4. The summed E-state index contributed by atoms with van der Waals surface area (Å²) in [6.45, 7) is 6.50. The lowest BCUT2D eigenvalue weighted by molar-refractivity contribution is -0.137. The molecule has 0 saturated carbocycles. The molecule has 1 aromatic heterocycles. The molecule has 0 aliphatic heterocycles. The van der Waals surface area contributed by atoms with Crippen LogP contribution in [0.1, 0.15) is 40.7 Å². The van der Waals surface area contributed by atoms with Gasteiger partial charge in [0, 0.05) is 23.5 Å². The molecule has 0 radical (unpaired) electrons. The van der Waals surface area contributed by atoms with Gasteiger partial charge in [0.1, 0.15) is 11.6 Å². The first kappa shape index (κ1) is 22.8. The number of hydrogen-bond donors (Lipinski definition) is 0. The van der Waals surface area contributed by atoms with E-state index in [2.05, 4.69) is 11.5 Å². The molecule has 32 heavy (non-hydrogen) atoms. The van der Waals surface area contributed by atoms with Crippen molar-refractivity contribution in [2.75, 3.05) is 6.61 Å². The Morgan fingerprint density at radius 1 is 1.03 bits per heavy atom. The largest absolute Gasteiger partial charge is 0.453 e. The minimum absolute atomic E-state index is 0.131. The number of hydrogen-bond acceptors (Lipinski definition) is 4. The Bertz CT molecular complexity index is 1180. The third-order valence-corrected chi connectivity index (χ3v) is 5.35. The van der Waals surface area contributed by atoms with Crippen LogP contribution >= 0.6 is 0 Å². The molecule has 0 spiro atoms. The molecule has 0 N–H and O–H groups in total. The molecule has 3 aromatic rings. The van der Waals surface area contributed by atoms with Gasteiger partial charge in [-0.25, -0.2) is 4.79 Å². The van der Waals surface area contributed by atoms with Crippen molar-refractivity contribution in [2.45, 2.75) is 33.7 Å². The van der Waals surface area contributed by atoms with Crippen LogP contribution in [0.3, 0.4) is 0 Å². The predicted molar refractivity (Wildman–Crippen MR) is 125 cm³/mol. The monoisotopic (exact) mass is 426 g/mol. The van der Waals surface area contributed by atoms with E-state index < -0.39 is 12.6 Å². The van der Waals surface area contributed by atoms with Gasteiger partial charge >= 0.3 is 5.97 Å². The van der Waals surface area contributed by atoms with Gasteiger partial charge < -0.3 is 9.30 Å². The normalized spacial score (nSPS) is 11.1. The molecule has 0 unspecified atom stereocenters. The van der Waals surface area contributed by atoms with Gasteiger partial charge in [0.25, 0.3) is 0 Å². The Balaban J connectivity index is 1.66. The van der Waals surface area contributed by atoms with Crippen LogP contribution in [0.5, 0.6) is 0 Å². The van der Waals surface area contributed by atoms with Crippen LogP contribution in [0.15, 0.2) is 66.2 Å². The number of carbonyl (C=O) groups excluding carboxylic acids is 2. The van der Waals surface area contributed by atoms with Crippen LogP contribution in [-0.4, -0.2) is 22.9 Å². The van der Waals surface area contributed by atoms with Gasteiger partial charge in [0.2, 0.25) is 0 Å². The van der Waals surface area contributed by atoms with Gasteiger partial charge in [-0.05, 0) is 49.1 Å². The van der Waals surface area contributed by atoms with Gasteiger partial charge in [-0.15, -0.1) is 0 Å². The van der Waals surface area contributed by atoms with Crippen LogP contribution in [0.25, 0.3) is 17.2 Å². The van der Waals surface area contributed by atoms with Gasteiger partial charge in [0.05, 0.1) is 0 Å². The second kappa shape index (κ2) is 10.4. The van der Waals surface area contributed by atoms with Crippen LogP contribution in [0.4, 0.5) is 0 Å². The number of ether oxygens (including phenoxy) is 1. The molecule has 0 aliphatic rings. The predicted octanol–water partition coefficient (Wildman–Crippen LogP) is 5.52. The topological polar surface area (TPSA) is 72.1 Å². The highest BCUT2D eigenvalue weighted by Crippen LogP contribution is 2.20. The summed E-state index contributed by atoms with van der Waals surface area (Å²) in [4.78, 5) is 24.9. The van der Waals surface area contributed by atoms with E-state index in [0.29, 0.717) is 5.56 Å². The zero-order chi connectivity index (χ0) is 23.1. The number of carbonyl (C=O) groups is 2. The van der Waals surface area contributed by atoms with Crippen molar-refractivity contribution < 1.29 is 14.3 Å². The third kappa shape index (κ3) is 5.22. The first-order valence-electron chi connectivity index (χ1n) is 10.6. The summed E-state index contributed by atoms with van der Waals surface area (Å²) < 4.78 is 7.28. The number of aromatic nitrogens is 1. The lowest BCUT2D eigenvalue weighted by Gasteiger charge is -2.07. The number of nitriles is 1. The molecule has 0 saturated heterocycles. The smallest absolute Gasteiger partial charge is 0.349 e. The van der Waals surface area contributed by atoms with Crippen molar-refractivity contribution in [2.24, 2.45) is 0 Å². The molecule has 1 heterocycles. The lowest BCUT2D eigenvalue weighted by Crippen LogP contribution is -2.15. The summed E-state index contributed by atoms with van der Waals surface area (Å²) in [5, 5.41) is 9.44. The van der Waals surface area contributed by atoms with E-state index in [9.17, 15) is 14.9 Å². The number of aryl methyl sites for hydroxylation is 1. The summed E-state index contributed by atoms with van der Waals surface area (Å²) in [5.41, 5.74) is 5.22. The fourth-order valence-corrected chi connectivity index (χ4v) is 3.61. The van der Waals surface area contributed by atoms with Gasteiger partial charge in [-0.2, -0.15) is 5.26 Å². The molecular formula is C27H26N2O3. The summed E-state index contributed by atoms with van der Waals surface area (Å²) in [7, 11) is 0. The highest BCUT2D eigenvalue weighted by molar-refractivity contribution is 6.02. The van der Waals surface area contributed by atoms with Crippen molar-refractivity contribution in [3.63, 3.8) is 0 Å². The maximum absolute atomic E-state index is 12.5. The highest BCUT2D eigenvalue weighted by Gasteiger charge is 2.16. The van der Waals surface area contributed by atoms with E-state index in [1.54, 1.807) is 12.1 Å². The Labute approximate surface area is 188 Å². The molecule has 3 rings (SSSR count). The molecule has 2 aromatic carbocycles. The number of nitrogens with zero attached hydrogens (tertiary/aromatic N) is 2. The van der Waals surface area contributed by atoms with Crippen molar-refractivity contribution in [3.8, 4) is 17.2 Å². The fraction of sp³-hybridized carbons (Fsp3) is 0.222. The van der Waals surface area contributed by atoms with E-state index in [0.717, 1.165) is 41.0 Å². The van der Waals surface area contributed by atoms with Gasteiger partial charge in [0.15, 0.2) is 12.4 Å². The second-order valence-electron chi connectivity index (χ2n) is 7.59. The molecule has 0 amide bonds. The maximum atomic E-state index is 12.5. The molecule has 0 atom stereocenters. The molecule has 162 valence electrons. The Hall–Kier alpha value is -3.91. The van der Waals surface area contributed by atoms with Crippen LogP contribution in [-0.2, 0) is 16.1 Å². The summed E-state index contributed by atoms with van der Waals surface area (Å²) in [6, 6.07) is 20.8. The van der Waals surface area contributed by atoms with E-state index in [1.807, 2.05) is 68.4 Å². The molecule has 0 aliphatic carbocycles. The molecule has 0 fully saturated rings. The minimum Gasteiger partial charge on any atom is -0.453 e. The van der Waals surface area contributed by atoms with E-state index in [1.165, 1.54) is 6.08 Å². The van der Waals surface area contributed by atoms with Crippen LogP contribution in [0, 0.1) is 25.2 Å². The molecule has 5 nitrogen and oxygen atoms in total. The lowest BCUT2D eigenvalue weighted by atomic mass is 10.0. The number of ketones is 1. The maximum Gasteiger partial charge on any atom is 0.349 e. The molecular weight excluding hydrogens is 400 g/mol. The van der Waals surface area contributed by atoms with Gasteiger partial charge in [-0.1, -0.05) is 61.5 Å². The van der Waals surface area contributed by atoms with Gasteiger partial charge in [-0.3, -0.25) is 4.79 Å². The Morgan fingerprint density at radius 3 is 2.31 bits per heavy atom. The second-order valence-corrected chi connectivity index (χ2v) is 7.59. The van der Waals surface area contributed by atoms with Crippen molar-refractivity contribution in [3.05, 3.63) is 88.8 Å². The van der Waals surface area contributed by atoms with E-state index >= 15 is 0 Å². The summed E-state index contributed by atoms with van der Waals surface area (Å²) in [6.07, 6.45) is 2.51. The zero-order valence-electron chi connectivity index (χ0n) is 18.6.